The number of pyridine rings is 1. The van der Waals surface area contributed by atoms with Crippen LogP contribution in [0.15, 0.2) is 48.8 Å². The zero-order valence-electron chi connectivity index (χ0n) is 10.7. The molecule has 98 valence electrons. The minimum absolute atomic E-state index is 0.622. The molecule has 0 bridgehead atoms. The van der Waals surface area contributed by atoms with Crippen molar-refractivity contribution >= 4 is 11.6 Å². The second kappa shape index (κ2) is 5.72. The maximum Gasteiger partial charge on any atom is 0.0408 e. The Bertz CT molecular complexity index is 535. The third-order valence-corrected chi connectivity index (χ3v) is 4.04. The van der Waals surface area contributed by atoms with Gasteiger partial charge in [-0.1, -0.05) is 23.7 Å². The average molecular weight is 273 g/mol. The molecule has 19 heavy (non-hydrogen) atoms. The lowest BCUT2D eigenvalue weighted by molar-refractivity contribution is 0.289. The van der Waals surface area contributed by atoms with E-state index in [1.165, 1.54) is 24.0 Å². The van der Waals surface area contributed by atoms with Gasteiger partial charge in [-0.05, 0) is 54.2 Å². The van der Waals surface area contributed by atoms with E-state index < -0.39 is 0 Å². The molecule has 1 aromatic carbocycles. The number of halogens is 1. The first-order valence-corrected chi connectivity index (χ1v) is 7.07. The van der Waals surface area contributed by atoms with Crippen LogP contribution in [0.2, 0.25) is 5.02 Å². The highest BCUT2D eigenvalue weighted by Crippen LogP contribution is 2.37. The van der Waals surface area contributed by atoms with Gasteiger partial charge < -0.3 is 5.32 Å². The summed E-state index contributed by atoms with van der Waals surface area (Å²) in [6.07, 6.45) is 6.08. The molecule has 0 aliphatic heterocycles. The number of aromatic nitrogens is 1. The van der Waals surface area contributed by atoms with Crippen LogP contribution in [0.3, 0.4) is 0 Å². The molecule has 0 spiro atoms. The number of hydrogen-bond acceptors (Lipinski definition) is 2. The van der Waals surface area contributed by atoms with Crippen molar-refractivity contribution in [3.8, 4) is 0 Å². The summed E-state index contributed by atoms with van der Waals surface area (Å²) in [7, 11) is 0. The third kappa shape index (κ3) is 3.14. The smallest absolute Gasteiger partial charge is 0.0408 e. The van der Waals surface area contributed by atoms with Gasteiger partial charge in [-0.3, -0.25) is 4.98 Å². The molecule has 2 nitrogen and oxygen atoms in total. The van der Waals surface area contributed by atoms with E-state index in [-0.39, 0.29) is 0 Å². The first-order chi connectivity index (χ1) is 9.31. The Morgan fingerprint density at radius 1 is 1.16 bits per heavy atom. The molecule has 1 aromatic heterocycles. The van der Waals surface area contributed by atoms with Crippen LogP contribution in [0.25, 0.3) is 0 Å². The van der Waals surface area contributed by atoms with E-state index in [1.54, 1.807) is 0 Å². The van der Waals surface area contributed by atoms with Gasteiger partial charge in [-0.2, -0.15) is 0 Å². The van der Waals surface area contributed by atoms with E-state index in [0.717, 1.165) is 11.6 Å². The van der Waals surface area contributed by atoms with Crippen LogP contribution in [-0.2, 0) is 6.54 Å². The highest BCUT2D eigenvalue weighted by Gasteiger charge is 2.29. The largest absolute Gasteiger partial charge is 0.310 e. The predicted octanol–water partition coefficient (Wildman–Crippen LogP) is 3.77. The second-order valence-electron chi connectivity index (χ2n) is 5.16. The Hall–Kier alpha value is -1.38. The average Bonchev–Trinajstić information content (AvgIpc) is 2.38. The molecule has 1 aliphatic carbocycles. The summed E-state index contributed by atoms with van der Waals surface area (Å²) in [4.78, 5) is 4.03. The number of benzene rings is 1. The van der Waals surface area contributed by atoms with Crippen LogP contribution in [0.1, 0.15) is 29.9 Å². The molecule has 0 radical (unpaired) electrons. The lowest BCUT2D eigenvalue weighted by Crippen LogP contribution is -2.39. The zero-order valence-corrected chi connectivity index (χ0v) is 11.5. The van der Waals surface area contributed by atoms with Crippen LogP contribution in [0.4, 0.5) is 0 Å². The van der Waals surface area contributed by atoms with Gasteiger partial charge in [0.15, 0.2) is 0 Å². The number of nitrogens with one attached hydrogen (secondary N) is 1. The van der Waals surface area contributed by atoms with E-state index in [4.69, 9.17) is 11.6 Å². The molecule has 1 fully saturated rings. The summed E-state index contributed by atoms with van der Waals surface area (Å²) in [5.41, 5.74) is 2.66. The van der Waals surface area contributed by atoms with Gasteiger partial charge in [0.25, 0.3) is 0 Å². The number of rotatable bonds is 4. The minimum Gasteiger partial charge on any atom is -0.310 e. The Morgan fingerprint density at radius 3 is 2.68 bits per heavy atom. The maximum absolute atomic E-state index is 6.03. The Labute approximate surface area is 118 Å². The van der Waals surface area contributed by atoms with Crippen LogP contribution in [-0.4, -0.2) is 11.0 Å². The van der Waals surface area contributed by atoms with Gasteiger partial charge in [0.2, 0.25) is 0 Å². The third-order valence-electron chi connectivity index (χ3n) is 3.80. The quantitative estimate of drug-likeness (QED) is 0.916. The molecule has 1 saturated carbocycles. The standard InChI is InChI=1S/C16H17ClN2/c17-15-3-1-2-13(8-15)14-9-16(10-14)19-11-12-4-6-18-7-5-12/h1-8,14,16,19H,9-11H2. The number of hydrogen-bond donors (Lipinski definition) is 1. The van der Waals surface area contributed by atoms with Crippen LogP contribution in [0, 0.1) is 0 Å². The Balaban J connectivity index is 1.48. The zero-order chi connectivity index (χ0) is 13.1. The molecular weight excluding hydrogens is 256 g/mol. The summed E-state index contributed by atoms with van der Waals surface area (Å²) in [5, 5.41) is 4.43. The predicted molar refractivity (Wildman–Crippen MR) is 78.3 cm³/mol. The van der Waals surface area contributed by atoms with Gasteiger partial charge in [-0.15, -0.1) is 0 Å². The topological polar surface area (TPSA) is 24.9 Å². The molecule has 1 aliphatic rings. The summed E-state index contributed by atoms with van der Waals surface area (Å²) in [6, 6.07) is 13.0. The van der Waals surface area contributed by atoms with E-state index in [2.05, 4.69) is 34.6 Å². The van der Waals surface area contributed by atoms with Crippen LogP contribution in [0.5, 0.6) is 0 Å². The first kappa shape index (κ1) is 12.6. The van der Waals surface area contributed by atoms with Crippen molar-refractivity contribution in [1.82, 2.24) is 10.3 Å². The van der Waals surface area contributed by atoms with Crippen LogP contribution >= 0.6 is 11.6 Å². The molecule has 1 heterocycles. The Kier molecular flexibility index (Phi) is 3.81. The molecule has 1 N–H and O–H groups in total. The minimum atomic E-state index is 0.622. The van der Waals surface area contributed by atoms with Crippen molar-refractivity contribution in [2.24, 2.45) is 0 Å². The first-order valence-electron chi connectivity index (χ1n) is 6.69. The normalized spacial score (nSPS) is 21.9. The molecule has 0 saturated heterocycles. The number of nitrogens with zero attached hydrogens (tertiary/aromatic N) is 1. The Morgan fingerprint density at radius 2 is 1.95 bits per heavy atom. The molecular formula is C16H17ClN2. The van der Waals surface area contributed by atoms with E-state index in [0.29, 0.717) is 12.0 Å². The molecule has 0 unspecified atom stereocenters. The van der Waals surface area contributed by atoms with E-state index >= 15 is 0 Å². The fraction of sp³-hybridized carbons (Fsp3) is 0.312. The molecule has 0 atom stereocenters. The fourth-order valence-corrected chi connectivity index (χ4v) is 2.78. The fourth-order valence-electron chi connectivity index (χ4n) is 2.58. The van der Waals surface area contributed by atoms with Crippen molar-refractivity contribution in [2.75, 3.05) is 0 Å². The maximum atomic E-state index is 6.03. The van der Waals surface area contributed by atoms with Crippen molar-refractivity contribution < 1.29 is 0 Å². The summed E-state index contributed by atoms with van der Waals surface area (Å²) in [6.45, 7) is 0.926. The van der Waals surface area contributed by atoms with Crippen LogP contribution < -0.4 is 5.32 Å². The monoisotopic (exact) mass is 272 g/mol. The molecule has 2 aromatic rings. The van der Waals surface area contributed by atoms with Gasteiger partial charge in [0.05, 0.1) is 0 Å². The lowest BCUT2D eigenvalue weighted by atomic mass is 9.76. The molecule has 0 amide bonds. The van der Waals surface area contributed by atoms with Crippen molar-refractivity contribution in [3.63, 3.8) is 0 Å². The summed E-state index contributed by atoms with van der Waals surface area (Å²) < 4.78 is 0. The van der Waals surface area contributed by atoms with E-state index in [9.17, 15) is 0 Å². The van der Waals surface area contributed by atoms with Crippen molar-refractivity contribution in [3.05, 3.63) is 64.9 Å². The van der Waals surface area contributed by atoms with Crippen molar-refractivity contribution in [2.45, 2.75) is 31.3 Å². The lowest BCUT2D eigenvalue weighted by Gasteiger charge is -2.36. The van der Waals surface area contributed by atoms with E-state index in [1.807, 2.05) is 24.5 Å². The SMILES string of the molecule is Clc1cccc(C2CC(NCc3ccncc3)C2)c1. The highest BCUT2D eigenvalue weighted by molar-refractivity contribution is 6.30. The molecule has 3 heteroatoms. The van der Waals surface area contributed by atoms with Gasteiger partial charge in [0.1, 0.15) is 0 Å². The van der Waals surface area contributed by atoms with Gasteiger partial charge >= 0.3 is 0 Å². The highest BCUT2D eigenvalue weighted by atomic mass is 35.5. The second-order valence-corrected chi connectivity index (χ2v) is 5.59. The summed E-state index contributed by atoms with van der Waals surface area (Å²) >= 11 is 6.03. The van der Waals surface area contributed by atoms with Gasteiger partial charge in [-0.25, -0.2) is 0 Å². The summed E-state index contributed by atoms with van der Waals surface area (Å²) in [5.74, 6) is 0.661. The molecule has 3 rings (SSSR count). The van der Waals surface area contributed by atoms with Crippen molar-refractivity contribution in [1.29, 1.82) is 0 Å². The van der Waals surface area contributed by atoms with Gasteiger partial charge in [0, 0.05) is 30.0 Å².